The van der Waals surface area contributed by atoms with E-state index < -0.39 is 17.5 Å². The Morgan fingerprint density at radius 3 is 2.73 bits per heavy atom. The average Bonchev–Trinajstić information content (AvgIpc) is 3.44. The fraction of sp³-hybridized carbons (Fsp3) is 0.211. The van der Waals surface area contributed by atoms with Gasteiger partial charge in [-0.15, -0.1) is 10.2 Å². The van der Waals surface area contributed by atoms with Crippen LogP contribution in [0, 0.1) is 11.6 Å². The van der Waals surface area contributed by atoms with Crippen LogP contribution in [0.5, 0.6) is 0 Å². The number of imidazole rings is 1. The molecule has 0 radical (unpaired) electrons. The Bertz CT molecular complexity index is 1160. The zero-order chi connectivity index (χ0) is 21.3. The number of nitrogens with one attached hydrogen (secondary N) is 1. The van der Waals surface area contributed by atoms with Crippen molar-refractivity contribution in [3.63, 3.8) is 0 Å². The minimum absolute atomic E-state index is 0.0830. The lowest BCUT2D eigenvalue weighted by Crippen LogP contribution is -2.29. The second-order valence-corrected chi connectivity index (χ2v) is 7.69. The predicted octanol–water partition coefficient (Wildman–Crippen LogP) is 2.51. The van der Waals surface area contributed by atoms with Gasteiger partial charge in [0.2, 0.25) is 5.01 Å². The molecule has 3 heterocycles. The molecule has 154 valence electrons. The molecule has 4 aromatic rings. The Hall–Kier alpha value is -3.47. The monoisotopic (exact) mass is 429 g/mol. The van der Waals surface area contributed by atoms with Gasteiger partial charge in [0, 0.05) is 56.1 Å². The molecule has 0 bridgehead atoms. The first kappa shape index (κ1) is 19.8. The van der Waals surface area contributed by atoms with Crippen molar-refractivity contribution in [2.75, 3.05) is 6.54 Å². The number of hydrogen-bond acceptors (Lipinski definition) is 6. The van der Waals surface area contributed by atoms with Crippen LogP contribution in [0.2, 0.25) is 0 Å². The SMILES string of the molecule is Cn1cnc(C(CNC(=O)c2nnc(-c3ccc(F)cc3F)s2)c2cnn(C)c2)c1. The number of aromatic nitrogens is 6. The highest BCUT2D eigenvalue weighted by Gasteiger charge is 2.22. The third-order valence-corrected chi connectivity index (χ3v) is 5.41. The molecular weight excluding hydrogens is 412 g/mol. The lowest BCUT2D eigenvalue weighted by Gasteiger charge is -2.13. The van der Waals surface area contributed by atoms with Gasteiger partial charge in [-0.3, -0.25) is 9.48 Å². The van der Waals surface area contributed by atoms with Crippen LogP contribution >= 0.6 is 11.3 Å². The third-order valence-electron chi connectivity index (χ3n) is 4.46. The highest BCUT2D eigenvalue weighted by atomic mass is 32.1. The smallest absolute Gasteiger partial charge is 0.282 e. The van der Waals surface area contributed by atoms with E-state index in [0.29, 0.717) is 0 Å². The zero-order valence-electron chi connectivity index (χ0n) is 16.1. The second kappa shape index (κ2) is 8.11. The lowest BCUT2D eigenvalue weighted by atomic mass is 9.99. The molecule has 1 aromatic carbocycles. The summed E-state index contributed by atoms with van der Waals surface area (Å²) in [5.74, 6) is -2.09. The van der Waals surface area contributed by atoms with Gasteiger partial charge in [0.25, 0.3) is 5.91 Å². The highest BCUT2D eigenvalue weighted by molar-refractivity contribution is 7.16. The van der Waals surface area contributed by atoms with E-state index in [-0.39, 0.29) is 28.0 Å². The maximum atomic E-state index is 14.0. The molecule has 11 heteroatoms. The number of carbonyl (C=O) groups excluding carboxylic acids is 1. The molecule has 1 N–H and O–H groups in total. The minimum atomic E-state index is -0.759. The summed E-state index contributed by atoms with van der Waals surface area (Å²) in [6.45, 7) is 0.265. The Kier molecular flexibility index (Phi) is 5.36. The van der Waals surface area contributed by atoms with Crippen molar-refractivity contribution in [2.24, 2.45) is 14.1 Å². The average molecular weight is 429 g/mol. The van der Waals surface area contributed by atoms with Gasteiger partial charge in [-0.2, -0.15) is 5.10 Å². The summed E-state index contributed by atoms with van der Waals surface area (Å²) in [6, 6.07) is 3.17. The molecule has 0 saturated carbocycles. The number of halogens is 2. The van der Waals surface area contributed by atoms with Crippen molar-refractivity contribution in [3.8, 4) is 10.6 Å². The molecule has 4 rings (SSSR count). The van der Waals surface area contributed by atoms with E-state index in [1.54, 1.807) is 17.2 Å². The quantitative estimate of drug-likeness (QED) is 0.509. The summed E-state index contributed by atoms with van der Waals surface area (Å²) in [5.41, 5.74) is 1.79. The normalized spacial score (nSPS) is 12.1. The number of hydrogen-bond donors (Lipinski definition) is 1. The molecule has 0 aliphatic carbocycles. The Balaban J connectivity index is 1.51. The van der Waals surface area contributed by atoms with Crippen LogP contribution in [0.3, 0.4) is 0 Å². The second-order valence-electron chi connectivity index (χ2n) is 6.71. The van der Waals surface area contributed by atoms with E-state index in [9.17, 15) is 13.6 Å². The van der Waals surface area contributed by atoms with Crippen molar-refractivity contribution >= 4 is 17.2 Å². The maximum Gasteiger partial charge on any atom is 0.282 e. The number of rotatable bonds is 6. The minimum Gasteiger partial charge on any atom is -0.349 e. The fourth-order valence-corrected chi connectivity index (χ4v) is 3.77. The van der Waals surface area contributed by atoms with Gasteiger partial charge in [-0.1, -0.05) is 11.3 Å². The number of carbonyl (C=O) groups is 1. The van der Waals surface area contributed by atoms with Gasteiger partial charge in [-0.25, -0.2) is 13.8 Å². The molecule has 1 atom stereocenters. The number of nitrogens with zero attached hydrogens (tertiary/aromatic N) is 6. The first-order valence-electron chi connectivity index (χ1n) is 8.94. The summed E-state index contributed by atoms with van der Waals surface area (Å²) >= 11 is 0.933. The summed E-state index contributed by atoms with van der Waals surface area (Å²) in [5, 5.41) is 15.0. The standard InChI is InChI=1S/C19H17F2N7OS/c1-27-9-16(23-10-27)14(11-6-24-28(2)8-11)7-22-17(29)19-26-25-18(30-19)13-4-3-12(20)5-15(13)21/h3-6,8-10,14H,7H2,1-2H3,(H,22,29). The van der Waals surface area contributed by atoms with Crippen LogP contribution in [-0.2, 0) is 14.1 Å². The van der Waals surface area contributed by atoms with E-state index >= 15 is 0 Å². The van der Waals surface area contributed by atoms with Crippen LogP contribution in [0.4, 0.5) is 8.78 Å². The molecule has 0 saturated heterocycles. The Morgan fingerprint density at radius 1 is 1.23 bits per heavy atom. The van der Waals surface area contributed by atoms with Crippen molar-refractivity contribution in [3.05, 3.63) is 71.0 Å². The van der Waals surface area contributed by atoms with Gasteiger partial charge in [0.05, 0.1) is 18.2 Å². The van der Waals surface area contributed by atoms with E-state index in [2.05, 4.69) is 25.6 Å². The molecule has 0 fully saturated rings. The Labute approximate surface area is 174 Å². The number of benzene rings is 1. The molecular formula is C19H17F2N7OS. The molecule has 1 amide bonds. The van der Waals surface area contributed by atoms with Crippen LogP contribution in [0.15, 0.2) is 43.1 Å². The van der Waals surface area contributed by atoms with Crippen molar-refractivity contribution in [2.45, 2.75) is 5.92 Å². The molecule has 30 heavy (non-hydrogen) atoms. The summed E-state index contributed by atoms with van der Waals surface area (Å²) < 4.78 is 30.6. The summed E-state index contributed by atoms with van der Waals surface area (Å²) in [4.78, 5) is 17.0. The largest absolute Gasteiger partial charge is 0.349 e. The van der Waals surface area contributed by atoms with E-state index in [4.69, 9.17) is 0 Å². The van der Waals surface area contributed by atoms with E-state index in [1.165, 1.54) is 6.07 Å². The topological polar surface area (TPSA) is 90.5 Å². The molecule has 1 unspecified atom stereocenters. The highest BCUT2D eigenvalue weighted by Crippen LogP contribution is 2.27. The van der Waals surface area contributed by atoms with E-state index in [1.807, 2.05) is 31.1 Å². The molecule has 0 aliphatic heterocycles. The lowest BCUT2D eigenvalue weighted by molar-refractivity contribution is 0.0951. The predicted molar refractivity (Wildman–Crippen MR) is 106 cm³/mol. The van der Waals surface area contributed by atoms with Crippen molar-refractivity contribution in [1.29, 1.82) is 0 Å². The van der Waals surface area contributed by atoms with Crippen LogP contribution in [-0.4, -0.2) is 42.0 Å². The Morgan fingerprint density at radius 2 is 2.07 bits per heavy atom. The van der Waals surface area contributed by atoms with Crippen molar-refractivity contribution in [1.82, 2.24) is 34.8 Å². The first-order valence-corrected chi connectivity index (χ1v) is 9.76. The van der Waals surface area contributed by atoms with Gasteiger partial charge in [-0.05, 0) is 12.1 Å². The number of aryl methyl sites for hydroxylation is 2. The van der Waals surface area contributed by atoms with Crippen LogP contribution in [0.25, 0.3) is 10.6 Å². The molecule has 0 aliphatic rings. The van der Waals surface area contributed by atoms with Crippen LogP contribution < -0.4 is 5.32 Å². The molecule has 0 spiro atoms. The summed E-state index contributed by atoms with van der Waals surface area (Å²) in [6.07, 6.45) is 7.16. The molecule has 8 nitrogen and oxygen atoms in total. The van der Waals surface area contributed by atoms with Crippen molar-refractivity contribution < 1.29 is 13.6 Å². The van der Waals surface area contributed by atoms with Gasteiger partial charge in [0.1, 0.15) is 11.6 Å². The van der Waals surface area contributed by atoms with Gasteiger partial charge < -0.3 is 9.88 Å². The van der Waals surface area contributed by atoms with Gasteiger partial charge in [0.15, 0.2) is 5.01 Å². The number of amides is 1. The maximum absolute atomic E-state index is 14.0. The first-order chi connectivity index (χ1) is 14.4. The van der Waals surface area contributed by atoms with Crippen LogP contribution in [0.1, 0.15) is 27.0 Å². The fourth-order valence-electron chi connectivity index (χ4n) is 2.98. The summed E-state index contributed by atoms with van der Waals surface area (Å²) in [7, 11) is 3.68. The van der Waals surface area contributed by atoms with Gasteiger partial charge >= 0.3 is 0 Å². The zero-order valence-corrected chi connectivity index (χ0v) is 16.9. The van der Waals surface area contributed by atoms with E-state index in [0.717, 1.165) is 34.7 Å². The third kappa shape index (κ3) is 4.10. The molecule has 3 aromatic heterocycles.